The van der Waals surface area contributed by atoms with Crippen LogP contribution < -0.4 is 0 Å². The number of aliphatic carboxylic acids is 2. The normalized spacial score (nSPS) is 25.4. The zero-order valence-electron chi connectivity index (χ0n) is 7.69. The van der Waals surface area contributed by atoms with Gasteiger partial charge in [0.25, 0.3) is 0 Å². The fourth-order valence-electron chi connectivity index (χ4n) is 1.72. The largest absolute Gasteiger partial charge is 0.481 e. The average Bonchev–Trinajstić information content (AvgIpc) is 2.04. The molecule has 14 heavy (non-hydrogen) atoms. The molecule has 0 spiro atoms. The van der Waals surface area contributed by atoms with Crippen molar-refractivity contribution in [3.63, 3.8) is 0 Å². The fraction of sp³-hybridized carbons (Fsp3) is 0.750. The lowest BCUT2D eigenvalue weighted by atomic mass is 9.79. The standard InChI is InChI=1S/C8H12O4.2H2O/c9-7(10)5-3-1-2-4-6(5)8(11)12;;/h5-6H,1-4H2,(H,9,10)(H,11,12);2*1H2/t5-,6+;;. The van der Waals surface area contributed by atoms with Crippen molar-refractivity contribution in [2.45, 2.75) is 25.7 Å². The van der Waals surface area contributed by atoms with Gasteiger partial charge in [0.15, 0.2) is 0 Å². The monoisotopic (exact) mass is 208 g/mol. The van der Waals surface area contributed by atoms with Crippen LogP contribution in [-0.2, 0) is 9.59 Å². The summed E-state index contributed by atoms with van der Waals surface area (Å²) in [7, 11) is 0. The van der Waals surface area contributed by atoms with E-state index in [4.69, 9.17) is 10.2 Å². The Morgan fingerprint density at radius 2 is 1.14 bits per heavy atom. The Hall–Kier alpha value is -1.14. The van der Waals surface area contributed by atoms with Crippen molar-refractivity contribution in [1.82, 2.24) is 0 Å². The van der Waals surface area contributed by atoms with Crippen LogP contribution in [0, 0.1) is 11.8 Å². The predicted octanol–water partition coefficient (Wildman–Crippen LogP) is -0.687. The minimum atomic E-state index is -0.970. The molecule has 1 aliphatic rings. The molecule has 0 radical (unpaired) electrons. The van der Waals surface area contributed by atoms with Gasteiger partial charge in [0.2, 0.25) is 0 Å². The van der Waals surface area contributed by atoms with E-state index in [0.29, 0.717) is 12.8 Å². The van der Waals surface area contributed by atoms with Gasteiger partial charge < -0.3 is 21.2 Å². The van der Waals surface area contributed by atoms with Gasteiger partial charge in [-0.05, 0) is 12.8 Å². The second kappa shape index (κ2) is 6.33. The lowest BCUT2D eigenvalue weighted by Gasteiger charge is -2.24. The highest BCUT2D eigenvalue weighted by atomic mass is 16.4. The summed E-state index contributed by atoms with van der Waals surface area (Å²) in [5.41, 5.74) is 0. The highest BCUT2D eigenvalue weighted by molar-refractivity contribution is 5.80. The lowest BCUT2D eigenvalue weighted by Crippen LogP contribution is -2.32. The molecular formula is C8H16O6. The van der Waals surface area contributed by atoms with Crippen LogP contribution in [0.25, 0.3) is 0 Å². The highest BCUT2D eigenvalue weighted by Crippen LogP contribution is 2.30. The number of rotatable bonds is 2. The Labute approximate surface area is 81.2 Å². The molecule has 0 heterocycles. The van der Waals surface area contributed by atoms with E-state index in [1.54, 1.807) is 0 Å². The molecule has 0 aromatic rings. The molecule has 0 aromatic carbocycles. The van der Waals surface area contributed by atoms with Gasteiger partial charge in [0, 0.05) is 0 Å². The molecule has 84 valence electrons. The molecule has 2 atom stereocenters. The summed E-state index contributed by atoms with van der Waals surface area (Å²) in [6.07, 6.45) is 2.68. The second-order valence-corrected chi connectivity index (χ2v) is 3.17. The molecule has 1 rings (SSSR count). The number of carboxylic acids is 2. The highest BCUT2D eigenvalue weighted by Gasteiger charge is 2.35. The predicted molar refractivity (Wildman–Crippen MR) is 47.9 cm³/mol. The Bertz CT molecular complexity index is 180. The maximum absolute atomic E-state index is 10.6. The van der Waals surface area contributed by atoms with Gasteiger partial charge in [0.1, 0.15) is 0 Å². The van der Waals surface area contributed by atoms with Crippen molar-refractivity contribution in [3.8, 4) is 0 Å². The SMILES string of the molecule is O.O.O=C(O)[C@H]1CCCC[C@H]1C(=O)O. The molecule has 1 aliphatic carbocycles. The van der Waals surface area contributed by atoms with Crippen LogP contribution in [0.4, 0.5) is 0 Å². The zero-order valence-corrected chi connectivity index (χ0v) is 7.69. The van der Waals surface area contributed by atoms with E-state index in [9.17, 15) is 9.59 Å². The lowest BCUT2D eigenvalue weighted by molar-refractivity contribution is -0.155. The molecule has 1 fully saturated rings. The van der Waals surface area contributed by atoms with E-state index in [-0.39, 0.29) is 11.0 Å². The Balaban J connectivity index is 0. The van der Waals surface area contributed by atoms with Gasteiger partial charge >= 0.3 is 11.9 Å². The van der Waals surface area contributed by atoms with Crippen LogP contribution in [-0.4, -0.2) is 33.1 Å². The number of hydrogen-bond acceptors (Lipinski definition) is 2. The molecule has 0 aromatic heterocycles. The molecule has 1 saturated carbocycles. The van der Waals surface area contributed by atoms with E-state index in [0.717, 1.165) is 12.8 Å². The van der Waals surface area contributed by atoms with Gasteiger partial charge in [0.05, 0.1) is 11.8 Å². The fourth-order valence-corrected chi connectivity index (χ4v) is 1.72. The van der Waals surface area contributed by atoms with Gasteiger partial charge in [-0.15, -0.1) is 0 Å². The molecule has 0 aliphatic heterocycles. The molecule has 0 amide bonds. The van der Waals surface area contributed by atoms with Gasteiger partial charge in [-0.1, -0.05) is 12.8 Å². The van der Waals surface area contributed by atoms with Crippen LogP contribution in [0.5, 0.6) is 0 Å². The number of carboxylic acid groups (broad SMARTS) is 2. The van der Waals surface area contributed by atoms with Crippen LogP contribution in [0.1, 0.15) is 25.7 Å². The first-order valence-electron chi connectivity index (χ1n) is 4.08. The Morgan fingerprint density at radius 3 is 1.36 bits per heavy atom. The first-order chi connectivity index (χ1) is 5.63. The van der Waals surface area contributed by atoms with Crippen molar-refractivity contribution < 1.29 is 30.8 Å². The first kappa shape index (κ1) is 15.3. The minimum Gasteiger partial charge on any atom is -0.481 e. The average molecular weight is 208 g/mol. The van der Waals surface area contributed by atoms with E-state index in [2.05, 4.69) is 0 Å². The minimum absolute atomic E-state index is 0. The molecule has 0 bridgehead atoms. The third-order valence-corrected chi connectivity index (χ3v) is 2.40. The van der Waals surface area contributed by atoms with Crippen molar-refractivity contribution in [1.29, 1.82) is 0 Å². The maximum atomic E-state index is 10.6. The van der Waals surface area contributed by atoms with E-state index in [1.807, 2.05) is 0 Å². The Kier molecular flexibility index (Phi) is 6.94. The molecule has 0 unspecified atom stereocenters. The van der Waals surface area contributed by atoms with Crippen LogP contribution >= 0.6 is 0 Å². The number of carbonyl (C=O) groups is 2. The van der Waals surface area contributed by atoms with Gasteiger partial charge in [-0.3, -0.25) is 9.59 Å². The zero-order chi connectivity index (χ0) is 9.14. The molecule has 6 nitrogen and oxygen atoms in total. The number of hydrogen-bond donors (Lipinski definition) is 2. The second-order valence-electron chi connectivity index (χ2n) is 3.17. The molecular weight excluding hydrogens is 192 g/mol. The topological polar surface area (TPSA) is 138 Å². The summed E-state index contributed by atoms with van der Waals surface area (Å²) in [5, 5.41) is 17.4. The van der Waals surface area contributed by atoms with Gasteiger partial charge in [-0.2, -0.15) is 0 Å². The van der Waals surface area contributed by atoms with Crippen LogP contribution in [0.15, 0.2) is 0 Å². The quantitative estimate of drug-likeness (QED) is 0.620. The van der Waals surface area contributed by atoms with E-state index in [1.165, 1.54) is 0 Å². The summed E-state index contributed by atoms with van der Waals surface area (Å²) < 4.78 is 0. The van der Waals surface area contributed by atoms with Crippen LogP contribution in [0.3, 0.4) is 0 Å². The summed E-state index contributed by atoms with van der Waals surface area (Å²) in [6.45, 7) is 0. The summed E-state index contributed by atoms with van der Waals surface area (Å²) in [6, 6.07) is 0. The Morgan fingerprint density at radius 1 is 0.857 bits per heavy atom. The third-order valence-electron chi connectivity index (χ3n) is 2.40. The summed E-state index contributed by atoms with van der Waals surface area (Å²) in [5.74, 6) is -3.28. The first-order valence-corrected chi connectivity index (χ1v) is 4.08. The molecule has 6 heteroatoms. The van der Waals surface area contributed by atoms with Crippen molar-refractivity contribution in [2.24, 2.45) is 11.8 Å². The van der Waals surface area contributed by atoms with E-state index >= 15 is 0 Å². The van der Waals surface area contributed by atoms with Crippen LogP contribution in [0.2, 0.25) is 0 Å². The van der Waals surface area contributed by atoms with Crippen molar-refractivity contribution >= 4 is 11.9 Å². The molecule has 6 N–H and O–H groups in total. The van der Waals surface area contributed by atoms with Crippen molar-refractivity contribution in [2.75, 3.05) is 0 Å². The van der Waals surface area contributed by atoms with E-state index < -0.39 is 23.8 Å². The summed E-state index contributed by atoms with van der Waals surface area (Å²) >= 11 is 0. The summed E-state index contributed by atoms with van der Waals surface area (Å²) in [4.78, 5) is 21.2. The van der Waals surface area contributed by atoms with Gasteiger partial charge in [-0.25, -0.2) is 0 Å². The molecule has 0 saturated heterocycles. The van der Waals surface area contributed by atoms with Crippen molar-refractivity contribution in [3.05, 3.63) is 0 Å². The third kappa shape index (κ3) is 3.31. The smallest absolute Gasteiger partial charge is 0.307 e. The maximum Gasteiger partial charge on any atom is 0.307 e.